The Morgan fingerprint density at radius 2 is 1.55 bits per heavy atom. The Morgan fingerprint density at radius 1 is 0.697 bits per heavy atom. The number of rotatable bonds is 1. The minimum absolute atomic E-state index is 0.989. The lowest BCUT2D eigenvalue weighted by Gasteiger charge is -2.24. The van der Waals surface area contributed by atoms with Crippen LogP contribution in [0.2, 0.25) is 0 Å². The number of aromatic nitrogens is 1. The van der Waals surface area contributed by atoms with E-state index in [1.807, 2.05) is 29.7 Å². The van der Waals surface area contributed by atoms with Gasteiger partial charge >= 0.3 is 0 Å². The summed E-state index contributed by atoms with van der Waals surface area (Å²) in [5.74, 6) is 0. The van der Waals surface area contributed by atoms with Crippen molar-refractivity contribution in [1.82, 2.24) is 4.98 Å². The third-order valence-electron chi connectivity index (χ3n) is 6.70. The molecule has 2 aromatic heterocycles. The molecule has 3 heteroatoms. The fourth-order valence-corrected chi connectivity index (χ4v) is 6.21. The summed E-state index contributed by atoms with van der Waals surface area (Å²) in [6.07, 6.45) is 1.85. The van der Waals surface area contributed by atoms with Gasteiger partial charge in [0.25, 0.3) is 0 Å². The molecule has 0 saturated carbocycles. The van der Waals surface area contributed by atoms with E-state index in [0.29, 0.717) is 0 Å². The van der Waals surface area contributed by atoms with Crippen LogP contribution < -0.4 is 5.32 Å². The van der Waals surface area contributed by atoms with E-state index in [0.717, 1.165) is 16.9 Å². The van der Waals surface area contributed by atoms with Crippen molar-refractivity contribution in [2.24, 2.45) is 0 Å². The summed E-state index contributed by atoms with van der Waals surface area (Å²) < 4.78 is 2.63. The highest BCUT2D eigenvalue weighted by Crippen LogP contribution is 2.49. The number of nitrogens with one attached hydrogen (secondary N) is 1. The van der Waals surface area contributed by atoms with Gasteiger partial charge in [-0.05, 0) is 60.0 Å². The van der Waals surface area contributed by atoms with Crippen LogP contribution in [0.15, 0.2) is 97.2 Å². The van der Waals surface area contributed by atoms with Gasteiger partial charge in [-0.2, -0.15) is 0 Å². The van der Waals surface area contributed by atoms with Gasteiger partial charge in [0.1, 0.15) is 0 Å². The normalized spacial score (nSPS) is 12.0. The number of benzene rings is 4. The quantitative estimate of drug-likeness (QED) is 0.276. The maximum absolute atomic E-state index is 4.58. The standard InChI is InChI=1S/C30H20N2S/c1-18-20-8-6-9-21(18)24-17-19(25-10-4-5-16-31-25)12-14-26(24)32-30-22(20)13-15-28-29(30)23-7-2-3-11-27(23)33-28/h2-17,32H,1H3. The number of thiophene rings is 1. The van der Waals surface area contributed by atoms with Crippen LogP contribution in [0.1, 0.15) is 5.56 Å². The van der Waals surface area contributed by atoms with Crippen LogP contribution >= 0.6 is 11.3 Å². The molecule has 0 fully saturated rings. The van der Waals surface area contributed by atoms with Crippen LogP contribution in [0.5, 0.6) is 0 Å². The molecule has 0 radical (unpaired) electrons. The van der Waals surface area contributed by atoms with Gasteiger partial charge in [-0.25, -0.2) is 0 Å². The van der Waals surface area contributed by atoms with Crippen LogP contribution in [0.3, 0.4) is 0 Å². The predicted molar refractivity (Wildman–Crippen MR) is 141 cm³/mol. The molecule has 0 saturated heterocycles. The summed E-state index contributed by atoms with van der Waals surface area (Å²) in [7, 11) is 0. The van der Waals surface area contributed by atoms with Crippen LogP contribution in [-0.2, 0) is 0 Å². The molecule has 7 rings (SSSR count). The first kappa shape index (κ1) is 18.6. The third-order valence-corrected chi connectivity index (χ3v) is 7.83. The fourth-order valence-electron chi connectivity index (χ4n) is 5.09. The van der Waals surface area contributed by atoms with Crippen LogP contribution in [-0.4, -0.2) is 4.98 Å². The number of pyridine rings is 1. The molecule has 2 nitrogen and oxygen atoms in total. The van der Waals surface area contributed by atoms with Gasteiger partial charge in [0, 0.05) is 48.7 Å². The molecule has 0 unspecified atom stereocenters. The first-order chi connectivity index (χ1) is 16.3. The largest absolute Gasteiger partial charge is 0.354 e. The van der Waals surface area contributed by atoms with Crippen molar-refractivity contribution < 1.29 is 0 Å². The zero-order valence-corrected chi connectivity index (χ0v) is 18.9. The van der Waals surface area contributed by atoms with Crippen LogP contribution in [0.25, 0.3) is 53.7 Å². The predicted octanol–water partition coefficient (Wildman–Crippen LogP) is 8.82. The first-order valence-electron chi connectivity index (χ1n) is 11.1. The zero-order valence-electron chi connectivity index (χ0n) is 18.1. The van der Waals surface area contributed by atoms with E-state index in [9.17, 15) is 0 Å². The van der Waals surface area contributed by atoms with Gasteiger partial charge in [0.2, 0.25) is 0 Å². The molecule has 4 aromatic carbocycles. The van der Waals surface area contributed by atoms with Gasteiger partial charge in [0.05, 0.1) is 11.4 Å². The third kappa shape index (κ3) is 2.76. The van der Waals surface area contributed by atoms with E-state index < -0.39 is 0 Å². The molecule has 0 spiro atoms. The van der Waals surface area contributed by atoms with Crippen molar-refractivity contribution in [2.75, 3.05) is 5.32 Å². The summed E-state index contributed by atoms with van der Waals surface area (Å²) in [5.41, 5.74) is 10.7. The van der Waals surface area contributed by atoms with E-state index in [1.54, 1.807) is 0 Å². The van der Waals surface area contributed by atoms with Gasteiger partial charge in [-0.3, -0.25) is 4.98 Å². The molecule has 33 heavy (non-hydrogen) atoms. The molecule has 0 aliphatic carbocycles. The molecular formula is C30H20N2S. The second-order valence-electron chi connectivity index (χ2n) is 8.54. The number of hydrogen-bond acceptors (Lipinski definition) is 3. The van der Waals surface area contributed by atoms with E-state index >= 15 is 0 Å². The monoisotopic (exact) mass is 440 g/mol. The smallest absolute Gasteiger partial charge is 0.0702 e. The van der Waals surface area contributed by atoms with Crippen LogP contribution in [0, 0.1) is 6.92 Å². The lowest BCUT2D eigenvalue weighted by Crippen LogP contribution is -2.02. The van der Waals surface area contributed by atoms with Gasteiger partial charge in [-0.15, -0.1) is 11.3 Å². The van der Waals surface area contributed by atoms with E-state index in [4.69, 9.17) is 0 Å². The Kier molecular flexibility index (Phi) is 3.96. The number of nitrogens with zero attached hydrogens (tertiary/aromatic N) is 1. The van der Waals surface area contributed by atoms with Crippen molar-refractivity contribution in [1.29, 1.82) is 0 Å². The van der Waals surface area contributed by atoms with Crippen molar-refractivity contribution in [3.63, 3.8) is 0 Å². The second kappa shape index (κ2) is 7.03. The summed E-state index contributed by atoms with van der Waals surface area (Å²) >= 11 is 1.86. The Balaban J connectivity index is 1.56. The lowest BCUT2D eigenvalue weighted by molar-refractivity contribution is 1.32. The van der Waals surface area contributed by atoms with Gasteiger partial charge in [0.15, 0.2) is 0 Å². The van der Waals surface area contributed by atoms with Crippen LogP contribution in [0.4, 0.5) is 11.4 Å². The average Bonchev–Trinajstić information content (AvgIpc) is 3.24. The maximum atomic E-state index is 4.58. The van der Waals surface area contributed by atoms with Crippen molar-refractivity contribution in [2.45, 2.75) is 6.92 Å². The Morgan fingerprint density at radius 3 is 2.42 bits per heavy atom. The number of fused-ring (bicyclic) bond motifs is 10. The summed E-state index contributed by atoms with van der Waals surface area (Å²) in [5, 5.41) is 6.48. The lowest BCUT2D eigenvalue weighted by atomic mass is 9.87. The minimum Gasteiger partial charge on any atom is -0.354 e. The molecule has 2 bridgehead atoms. The summed E-state index contributed by atoms with van der Waals surface area (Å²) in [6, 6.07) is 32.6. The molecule has 156 valence electrons. The SMILES string of the molecule is Cc1c2cccc1-c1ccc3sc4ccccc4c3c1Nc1ccc(-c3ccccn3)cc1-2. The second-order valence-corrected chi connectivity index (χ2v) is 9.62. The number of anilines is 2. The Bertz CT molecular complexity index is 1700. The highest BCUT2D eigenvalue weighted by molar-refractivity contribution is 7.26. The molecule has 1 N–H and O–H groups in total. The minimum atomic E-state index is 0.989. The van der Waals surface area contributed by atoms with E-state index in [2.05, 4.69) is 96.1 Å². The van der Waals surface area contributed by atoms with Crippen molar-refractivity contribution in [3.8, 4) is 33.5 Å². The summed E-state index contributed by atoms with van der Waals surface area (Å²) in [4.78, 5) is 4.58. The topological polar surface area (TPSA) is 24.9 Å². The molecule has 0 atom stereocenters. The molecule has 0 amide bonds. The summed E-state index contributed by atoms with van der Waals surface area (Å²) in [6.45, 7) is 2.24. The molecule has 3 heterocycles. The highest BCUT2D eigenvalue weighted by atomic mass is 32.1. The average molecular weight is 441 g/mol. The highest BCUT2D eigenvalue weighted by Gasteiger charge is 2.22. The molecule has 6 aromatic rings. The number of hydrogen-bond donors (Lipinski definition) is 1. The fraction of sp³-hybridized carbons (Fsp3) is 0.0333. The van der Waals surface area contributed by atoms with Crippen molar-refractivity contribution in [3.05, 3.63) is 103 Å². The molecule has 1 aliphatic heterocycles. The van der Waals surface area contributed by atoms with Crippen molar-refractivity contribution >= 4 is 42.9 Å². The Labute approximate surface area is 196 Å². The first-order valence-corrected chi connectivity index (χ1v) is 12.0. The van der Waals surface area contributed by atoms with E-state index in [-0.39, 0.29) is 0 Å². The van der Waals surface area contributed by atoms with Gasteiger partial charge in [-0.1, -0.05) is 54.6 Å². The molecule has 1 aliphatic rings. The van der Waals surface area contributed by atoms with E-state index in [1.165, 1.54) is 53.7 Å². The zero-order chi connectivity index (χ0) is 21.9. The van der Waals surface area contributed by atoms with Gasteiger partial charge < -0.3 is 5.32 Å². The Hall–Kier alpha value is -3.95. The maximum Gasteiger partial charge on any atom is 0.0702 e. The molecular weight excluding hydrogens is 420 g/mol.